The molecule has 5 heteroatoms. The number of nitrogens with one attached hydrogen (secondary N) is 1. The van der Waals surface area contributed by atoms with Crippen molar-refractivity contribution in [3.05, 3.63) is 59.9 Å². The zero-order valence-corrected chi connectivity index (χ0v) is 15.9. The second kappa shape index (κ2) is 8.13. The van der Waals surface area contributed by atoms with Crippen LogP contribution in [0.4, 0.5) is 4.39 Å². The van der Waals surface area contributed by atoms with Crippen molar-refractivity contribution in [3.8, 4) is 11.1 Å². The van der Waals surface area contributed by atoms with E-state index in [0.717, 1.165) is 30.4 Å². The Balaban J connectivity index is 1.46. The van der Waals surface area contributed by atoms with Gasteiger partial charge < -0.3 is 10.2 Å². The second-order valence-electron chi connectivity index (χ2n) is 7.78. The fourth-order valence-corrected chi connectivity index (χ4v) is 3.97. The van der Waals surface area contributed by atoms with E-state index < -0.39 is 0 Å². The molecular formula is C23H25FN2O2. The standard InChI is InChI=1S/C23H25FN2O2/c24-21-7-2-1-6-20(21)17-10-8-16(9-11-17)14-19-15-26(13-12-25-22(19)27)23(28)18-4-3-5-18/h1-2,6-11,18-19H,3-5,12-15H2,(H,25,27)/t19-/m1/s1. The van der Waals surface area contributed by atoms with E-state index in [0.29, 0.717) is 31.6 Å². The highest BCUT2D eigenvalue weighted by Crippen LogP contribution is 2.29. The Morgan fingerprint density at radius 2 is 1.86 bits per heavy atom. The van der Waals surface area contributed by atoms with Crippen LogP contribution in [0.1, 0.15) is 24.8 Å². The summed E-state index contributed by atoms with van der Waals surface area (Å²) in [5, 5.41) is 2.94. The summed E-state index contributed by atoms with van der Waals surface area (Å²) in [6.07, 6.45) is 3.63. The molecule has 1 saturated heterocycles. The highest BCUT2D eigenvalue weighted by atomic mass is 19.1. The molecule has 146 valence electrons. The Hall–Kier alpha value is -2.69. The lowest BCUT2D eigenvalue weighted by molar-refractivity contribution is -0.138. The van der Waals surface area contributed by atoms with Crippen LogP contribution in [-0.4, -0.2) is 36.3 Å². The van der Waals surface area contributed by atoms with Crippen molar-refractivity contribution in [1.29, 1.82) is 0 Å². The van der Waals surface area contributed by atoms with Crippen LogP contribution in [0.5, 0.6) is 0 Å². The van der Waals surface area contributed by atoms with Gasteiger partial charge in [0.25, 0.3) is 0 Å². The maximum atomic E-state index is 14.0. The summed E-state index contributed by atoms with van der Waals surface area (Å²) < 4.78 is 14.0. The van der Waals surface area contributed by atoms with Gasteiger partial charge >= 0.3 is 0 Å². The van der Waals surface area contributed by atoms with Crippen molar-refractivity contribution in [2.45, 2.75) is 25.7 Å². The highest BCUT2D eigenvalue weighted by molar-refractivity contribution is 5.83. The molecule has 0 bridgehead atoms. The number of hydrogen-bond donors (Lipinski definition) is 1. The first-order valence-corrected chi connectivity index (χ1v) is 10.0. The van der Waals surface area contributed by atoms with Crippen LogP contribution in [0.25, 0.3) is 11.1 Å². The quantitative estimate of drug-likeness (QED) is 0.884. The van der Waals surface area contributed by atoms with Gasteiger partial charge in [-0.1, -0.05) is 48.9 Å². The molecular weight excluding hydrogens is 355 g/mol. The Bertz CT molecular complexity index is 861. The minimum Gasteiger partial charge on any atom is -0.354 e. The molecule has 4 nitrogen and oxygen atoms in total. The molecule has 4 rings (SSSR count). The predicted octanol–water partition coefficient (Wildman–Crippen LogP) is 3.41. The number of carbonyl (C=O) groups is 2. The first-order chi connectivity index (χ1) is 13.6. The highest BCUT2D eigenvalue weighted by Gasteiger charge is 2.33. The smallest absolute Gasteiger partial charge is 0.225 e. The lowest BCUT2D eigenvalue weighted by Crippen LogP contribution is -2.42. The maximum absolute atomic E-state index is 14.0. The topological polar surface area (TPSA) is 49.4 Å². The van der Waals surface area contributed by atoms with Crippen LogP contribution in [0.2, 0.25) is 0 Å². The summed E-state index contributed by atoms with van der Waals surface area (Å²) in [7, 11) is 0. The van der Waals surface area contributed by atoms with Crippen LogP contribution in [0, 0.1) is 17.7 Å². The molecule has 2 aromatic rings. The van der Waals surface area contributed by atoms with Gasteiger partial charge in [0, 0.05) is 31.1 Å². The van der Waals surface area contributed by atoms with Crippen molar-refractivity contribution in [1.82, 2.24) is 10.2 Å². The van der Waals surface area contributed by atoms with E-state index in [1.54, 1.807) is 12.1 Å². The number of benzene rings is 2. The number of nitrogens with zero attached hydrogens (tertiary/aromatic N) is 1. The SMILES string of the molecule is O=C1NCCN(C(=O)C2CCC2)C[C@H]1Cc1ccc(-c2ccccc2F)cc1. The van der Waals surface area contributed by atoms with Crippen molar-refractivity contribution in [2.24, 2.45) is 11.8 Å². The Morgan fingerprint density at radius 3 is 2.54 bits per heavy atom. The van der Waals surface area contributed by atoms with E-state index in [1.807, 2.05) is 35.2 Å². The van der Waals surface area contributed by atoms with Crippen LogP contribution in [0.15, 0.2) is 48.5 Å². The summed E-state index contributed by atoms with van der Waals surface area (Å²) in [5.41, 5.74) is 2.39. The van der Waals surface area contributed by atoms with E-state index in [9.17, 15) is 14.0 Å². The van der Waals surface area contributed by atoms with Crippen LogP contribution in [-0.2, 0) is 16.0 Å². The van der Waals surface area contributed by atoms with Gasteiger partial charge in [-0.25, -0.2) is 4.39 Å². The zero-order valence-electron chi connectivity index (χ0n) is 15.9. The fraction of sp³-hybridized carbons (Fsp3) is 0.391. The molecule has 1 atom stereocenters. The zero-order chi connectivity index (χ0) is 19.5. The molecule has 2 aliphatic rings. The Labute approximate surface area is 164 Å². The summed E-state index contributed by atoms with van der Waals surface area (Å²) in [5.74, 6) is -0.159. The van der Waals surface area contributed by atoms with Crippen molar-refractivity contribution in [2.75, 3.05) is 19.6 Å². The second-order valence-corrected chi connectivity index (χ2v) is 7.78. The van der Waals surface area contributed by atoms with Crippen LogP contribution < -0.4 is 5.32 Å². The molecule has 2 aromatic carbocycles. The number of carbonyl (C=O) groups excluding carboxylic acids is 2. The van der Waals surface area contributed by atoms with Crippen molar-refractivity contribution < 1.29 is 14.0 Å². The molecule has 1 aliphatic heterocycles. The molecule has 0 aromatic heterocycles. The van der Waals surface area contributed by atoms with Gasteiger partial charge in [0.05, 0.1) is 5.92 Å². The Morgan fingerprint density at radius 1 is 1.11 bits per heavy atom. The average Bonchev–Trinajstić information content (AvgIpc) is 2.83. The van der Waals surface area contributed by atoms with E-state index in [-0.39, 0.29) is 29.5 Å². The number of amides is 2. The average molecular weight is 380 g/mol. The number of rotatable bonds is 4. The minimum atomic E-state index is -0.258. The molecule has 0 spiro atoms. The largest absolute Gasteiger partial charge is 0.354 e. The first-order valence-electron chi connectivity index (χ1n) is 10.0. The molecule has 0 radical (unpaired) electrons. The summed E-state index contributed by atoms with van der Waals surface area (Å²) in [6.45, 7) is 1.57. The third-order valence-electron chi connectivity index (χ3n) is 5.88. The van der Waals surface area contributed by atoms with Gasteiger partial charge in [0.2, 0.25) is 11.8 Å². The molecule has 28 heavy (non-hydrogen) atoms. The third kappa shape index (κ3) is 3.93. The molecule has 2 fully saturated rings. The predicted molar refractivity (Wildman–Crippen MR) is 106 cm³/mol. The lowest BCUT2D eigenvalue weighted by atomic mass is 9.84. The van der Waals surface area contributed by atoms with Gasteiger partial charge in [-0.2, -0.15) is 0 Å². The molecule has 1 saturated carbocycles. The number of halogens is 1. The van der Waals surface area contributed by atoms with Crippen LogP contribution >= 0.6 is 0 Å². The van der Waals surface area contributed by atoms with Gasteiger partial charge in [-0.15, -0.1) is 0 Å². The summed E-state index contributed by atoms with van der Waals surface area (Å²) in [4.78, 5) is 27.0. The molecule has 1 N–H and O–H groups in total. The third-order valence-corrected chi connectivity index (χ3v) is 5.88. The van der Waals surface area contributed by atoms with Gasteiger partial charge in [-0.05, 0) is 36.5 Å². The maximum Gasteiger partial charge on any atom is 0.225 e. The lowest BCUT2D eigenvalue weighted by Gasteiger charge is -2.31. The van der Waals surface area contributed by atoms with E-state index in [1.165, 1.54) is 6.07 Å². The molecule has 1 aliphatic carbocycles. The van der Waals surface area contributed by atoms with E-state index in [2.05, 4.69) is 5.32 Å². The number of hydrogen-bond acceptors (Lipinski definition) is 2. The summed E-state index contributed by atoms with van der Waals surface area (Å²) in [6, 6.07) is 14.4. The monoisotopic (exact) mass is 380 g/mol. The first kappa shape index (κ1) is 18.7. The normalized spacial score (nSPS) is 20.2. The van der Waals surface area contributed by atoms with Crippen molar-refractivity contribution in [3.63, 3.8) is 0 Å². The van der Waals surface area contributed by atoms with Gasteiger partial charge in [0.1, 0.15) is 5.82 Å². The van der Waals surface area contributed by atoms with E-state index >= 15 is 0 Å². The summed E-state index contributed by atoms with van der Waals surface area (Å²) >= 11 is 0. The van der Waals surface area contributed by atoms with Crippen LogP contribution in [0.3, 0.4) is 0 Å². The minimum absolute atomic E-state index is 0.00193. The van der Waals surface area contributed by atoms with Crippen molar-refractivity contribution >= 4 is 11.8 Å². The fourth-order valence-electron chi connectivity index (χ4n) is 3.97. The van der Waals surface area contributed by atoms with E-state index in [4.69, 9.17) is 0 Å². The molecule has 1 heterocycles. The van der Waals surface area contributed by atoms with Gasteiger partial charge in [0.15, 0.2) is 0 Å². The van der Waals surface area contributed by atoms with Gasteiger partial charge in [-0.3, -0.25) is 9.59 Å². The Kier molecular flexibility index (Phi) is 5.42. The molecule has 2 amide bonds. The molecule has 0 unspecified atom stereocenters.